The van der Waals surface area contributed by atoms with Crippen LogP contribution in [-0.2, 0) is 6.54 Å². The van der Waals surface area contributed by atoms with Crippen LogP contribution in [0.3, 0.4) is 0 Å². The molecule has 1 unspecified atom stereocenters. The molecule has 0 saturated heterocycles. The molecule has 1 N–H and O–H groups in total. The van der Waals surface area contributed by atoms with Gasteiger partial charge in [-0.15, -0.1) is 0 Å². The van der Waals surface area contributed by atoms with E-state index in [9.17, 15) is 9.18 Å². The van der Waals surface area contributed by atoms with Crippen molar-refractivity contribution < 1.29 is 8.91 Å². The van der Waals surface area contributed by atoms with Crippen LogP contribution >= 0.6 is 15.9 Å². The zero-order valence-corrected chi connectivity index (χ0v) is 15.0. The third-order valence-electron chi connectivity index (χ3n) is 4.00. The van der Waals surface area contributed by atoms with Crippen molar-refractivity contribution in [3.05, 3.63) is 63.2 Å². The van der Waals surface area contributed by atoms with E-state index in [4.69, 9.17) is 4.52 Å². The smallest absolute Gasteiger partial charge is 0.265 e. The number of hydrogen-bond acceptors (Lipinski definition) is 5. The maximum Gasteiger partial charge on any atom is 0.265 e. The second-order valence-corrected chi connectivity index (χ2v) is 6.59. The van der Waals surface area contributed by atoms with Crippen molar-refractivity contribution >= 4 is 15.9 Å². The first kappa shape index (κ1) is 16.6. The van der Waals surface area contributed by atoms with Crippen LogP contribution in [0.25, 0.3) is 22.9 Å². The van der Waals surface area contributed by atoms with Gasteiger partial charge in [0, 0.05) is 18.7 Å². The van der Waals surface area contributed by atoms with Gasteiger partial charge in [-0.2, -0.15) is 5.10 Å². The summed E-state index contributed by atoms with van der Waals surface area (Å²) in [6.07, 6.45) is 7.53. The topological polar surface area (TPSA) is 89.6 Å². The fourth-order valence-corrected chi connectivity index (χ4v) is 2.89. The van der Waals surface area contributed by atoms with Crippen molar-refractivity contribution in [1.82, 2.24) is 24.9 Å². The predicted octanol–water partition coefficient (Wildman–Crippen LogP) is 3.28. The number of H-pyrrole nitrogens is 1. The molecule has 3 heterocycles. The molecule has 7 nitrogen and oxygen atoms in total. The number of halogens is 2. The predicted molar refractivity (Wildman–Crippen MR) is 96.0 cm³/mol. The number of hydrogen-bond donors (Lipinski definition) is 1. The number of nitrogens with one attached hydrogen (secondary N) is 1. The van der Waals surface area contributed by atoms with E-state index in [1.807, 2.05) is 6.08 Å². The molecule has 0 bridgehead atoms. The van der Waals surface area contributed by atoms with Crippen LogP contribution in [0.1, 0.15) is 6.42 Å². The van der Waals surface area contributed by atoms with Crippen molar-refractivity contribution in [3.63, 3.8) is 0 Å². The second kappa shape index (κ2) is 6.83. The fourth-order valence-electron chi connectivity index (χ4n) is 2.68. The fraction of sp³-hybridized carbons (Fsp3) is 0.176. The Labute approximate surface area is 155 Å². The Morgan fingerprint density at radius 2 is 2.31 bits per heavy atom. The van der Waals surface area contributed by atoms with Gasteiger partial charge in [0.2, 0.25) is 0 Å². The third kappa shape index (κ3) is 3.17. The average molecular weight is 418 g/mol. The summed E-state index contributed by atoms with van der Waals surface area (Å²) in [7, 11) is 0. The molecule has 26 heavy (non-hydrogen) atoms. The molecule has 1 atom stereocenters. The lowest BCUT2D eigenvalue weighted by atomic mass is 10.0. The highest BCUT2D eigenvalue weighted by molar-refractivity contribution is 9.10. The van der Waals surface area contributed by atoms with E-state index < -0.39 is 6.17 Å². The molecule has 0 aromatic carbocycles. The van der Waals surface area contributed by atoms with Crippen LogP contribution in [-0.4, -0.2) is 31.1 Å². The Hall–Kier alpha value is -2.81. The lowest BCUT2D eigenvalue weighted by molar-refractivity contribution is 0.366. The Morgan fingerprint density at radius 1 is 1.42 bits per heavy atom. The number of aromatic nitrogens is 5. The first-order chi connectivity index (χ1) is 12.6. The summed E-state index contributed by atoms with van der Waals surface area (Å²) in [6.45, 7) is 0.258. The maximum absolute atomic E-state index is 14.2. The van der Waals surface area contributed by atoms with E-state index in [0.717, 1.165) is 0 Å². The highest BCUT2D eigenvalue weighted by atomic mass is 79.9. The SMILES string of the molecule is O=c1[nH]c(-c2cc(-c3ccon3)n(CC3=CC=CCC3F)n2)ncc1Br. The second-order valence-electron chi connectivity index (χ2n) is 5.74. The van der Waals surface area contributed by atoms with Crippen molar-refractivity contribution in [2.75, 3.05) is 0 Å². The Balaban J connectivity index is 1.78. The standard InChI is InChI=1S/C17H13BrFN5O2/c18-11-8-20-16(21-17(11)25)14-7-15(13-5-6-26-23-13)24(22-14)9-10-3-1-2-4-12(10)19/h1-3,5-8,12H,4,9H2,(H,20,21,25). The summed E-state index contributed by atoms with van der Waals surface area (Å²) in [5.41, 5.74) is 1.96. The van der Waals surface area contributed by atoms with E-state index in [-0.39, 0.29) is 12.1 Å². The summed E-state index contributed by atoms with van der Waals surface area (Å²) < 4.78 is 21.1. The molecule has 9 heteroatoms. The van der Waals surface area contributed by atoms with Crippen molar-refractivity contribution in [2.24, 2.45) is 0 Å². The van der Waals surface area contributed by atoms with Gasteiger partial charge in [0.1, 0.15) is 28.3 Å². The van der Waals surface area contributed by atoms with Gasteiger partial charge in [0.25, 0.3) is 5.56 Å². The van der Waals surface area contributed by atoms with Gasteiger partial charge in [0.05, 0.1) is 12.2 Å². The number of allylic oxidation sites excluding steroid dienone is 4. The Bertz CT molecular complexity index is 1050. The first-order valence-electron chi connectivity index (χ1n) is 7.85. The van der Waals surface area contributed by atoms with Gasteiger partial charge < -0.3 is 9.51 Å². The minimum atomic E-state index is -1.05. The number of alkyl halides is 1. The van der Waals surface area contributed by atoms with Crippen molar-refractivity contribution in [3.8, 4) is 22.9 Å². The summed E-state index contributed by atoms with van der Waals surface area (Å²) in [4.78, 5) is 18.7. The minimum absolute atomic E-state index is 0.258. The zero-order valence-electron chi connectivity index (χ0n) is 13.4. The highest BCUT2D eigenvalue weighted by Gasteiger charge is 2.20. The first-order valence-corrected chi connectivity index (χ1v) is 8.64. The lowest BCUT2D eigenvalue weighted by Gasteiger charge is -2.15. The molecule has 1 aliphatic rings. The Kier molecular flexibility index (Phi) is 4.37. The van der Waals surface area contributed by atoms with E-state index in [2.05, 4.69) is 36.2 Å². The van der Waals surface area contributed by atoms with E-state index in [1.165, 1.54) is 12.5 Å². The molecule has 4 rings (SSSR count). The van der Waals surface area contributed by atoms with E-state index in [0.29, 0.717) is 39.4 Å². The molecule has 1 aliphatic carbocycles. The molecule has 0 fully saturated rings. The van der Waals surface area contributed by atoms with Crippen LogP contribution in [0.2, 0.25) is 0 Å². The third-order valence-corrected chi connectivity index (χ3v) is 4.57. The Morgan fingerprint density at radius 3 is 3.04 bits per heavy atom. The molecule has 132 valence electrons. The molecule has 0 saturated carbocycles. The van der Waals surface area contributed by atoms with Crippen molar-refractivity contribution in [2.45, 2.75) is 19.1 Å². The zero-order chi connectivity index (χ0) is 18.1. The average Bonchev–Trinajstić information content (AvgIpc) is 3.29. The lowest BCUT2D eigenvalue weighted by Crippen LogP contribution is -2.14. The van der Waals surface area contributed by atoms with Gasteiger partial charge in [0.15, 0.2) is 5.82 Å². The number of aromatic amines is 1. The normalized spacial score (nSPS) is 16.7. The van der Waals surface area contributed by atoms with Gasteiger partial charge in [-0.3, -0.25) is 9.48 Å². The summed E-state index contributed by atoms with van der Waals surface area (Å²) in [5, 5.41) is 8.43. The maximum atomic E-state index is 14.2. The van der Waals surface area contributed by atoms with Gasteiger partial charge >= 0.3 is 0 Å². The van der Waals surface area contributed by atoms with Crippen molar-refractivity contribution in [1.29, 1.82) is 0 Å². The summed E-state index contributed by atoms with van der Waals surface area (Å²) >= 11 is 3.12. The quantitative estimate of drug-likeness (QED) is 0.703. The van der Waals surface area contributed by atoms with Crippen LogP contribution in [0, 0.1) is 0 Å². The molecule has 0 amide bonds. The van der Waals surface area contributed by atoms with Gasteiger partial charge in [-0.1, -0.05) is 23.4 Å². The van der Waals surface area contributed by atoms with Crippen LogP contribution in [0.15, 0.2) is 62.2 Å². The monoisotopic (exact) mass is 417 g/mol. The molecule has 0 aliphatic heterocycles. The molecule has 0 radical (unpaired) electrons. The number of rotatable bonds is 4. The van der Waals surface area contributed by atoms with Gasteiger partial charge in [-0.05, 0) is 27.6 Å². The molecule has 3 aromatic heterocycles. The summed E-state index contributed by atoms with van der Waals surface area (Å²) in [6, 6.07) is 3.42. The van der Waals surface area contributed by atoms with E-state index >= 15 is 0 Å². The summed E-state index contributed by atoms with van der Waals surface area (Å²) in [5.74, 6) is 0.316. The van der Waals surface area contributed by atoms with Crippen LogP contribution in [0.5, 0.6) is 0 Å². The largest absolute Gasteiger partial charge is 0.364 e. The van der Waals surface area contributed by atoms with E-state index in [1.54, 1.807) is 29.0 Å². The molecular formula is C17H13BrFN5O2. The molecular weight excluding hydrogens is 405 g/mol. The number of nitrogens with zero attached hydrogens (tertiary/aromatic N) is 4. The van der Waals surface area contributed by atoms with Gasteiger partial charge in [-0.25, -0.2) is 9.37 Å². The highest BCUT2D eigenvalue weighted by Crippen LogP contribution is 2.26. The van der Waals surface area contributed by atoms with Crippen LogP contribution < -0.4 is 5.56 Å². The van der Waals surface area contributed by atoms with Crippen LogP contribution in [0.4, 0.5) is 4.39 Å². The molecule has 3 aromatic rings. The minimum Gasteiger partial charge on any atom is -0.364 e. The molecule has 0 spiro atoms.